The first-order chi connectivity index (χ1) is 37.3. The maximum absolute atomic E-state index is 6.77. The second-order valence-electron chi connectivity index (χ2n) is 19.4. The van der Waals surface area contributed by atoms with Gasteiger partial charge in [0.2, 0.25) is 0 Å². The van der Waals surface area contributed by atoms with Crippen molar-refractivity contribution in [3.05, 3.63) is 146 Å². The second-order valence-corrected chi connectivity index (χ2v) is 43.2. The smallest absolute Gasteiger partial charge is 0.123 e. The van der Waals surface area contributed by atoms with Crippen LogP contribution >= 0.6 is 0 Å². The first kappa shape index (κ1) is 49.9. The van der Waals surface area contributed by atoms with Crippen molar-refractivity contribution in [2.75, 3.05) is 52.9 Å². The van der Waals surface area contributed by atoms with E-state index in [0.717, 1.165) is 46.0 Å². The van der Waals surface area contributed by atoms with Crippen LogP contribution in [0.2, 0.25) is 0 Å². The lowest BCUT2D eigenvalue weighted by Crippen LogP contribution is -2.98. The third-order valence-electron chi connectivity index (χ3n) is 15.6. The summed E-state index contributed by atoms with van der Waals surface area (Å²) in [5.41, 5.74) is 10.1. The van der Waals surface area contributed by atoms with Crippen LogP contribution in [0.4, 0.5) is 0 Å². The molecule has 0 N–H and O–H groups in total. The molecule has 384 valence electrons. The quantitative estimate of drug-likeness (QED) is 0.0748. The van der Waals surface area contributed by atoms with Gasteiger partial charge in [-0.05, 0) is 238 Å². The average molecular weight is 1070 g/mol. The summed E-state index contributed by atoms with van der Waals surface area (Å²) in [6.07, 6.45) is 0. The van der Waals surface area contributed by atoms with Gasteiger partial charge in [0.25, 0.3) is 0 Å². The van der Waals surface area contributed by atoms with Crippen LogP contribution in [-0.4, -0.2) is 83.7 Å². The molecule has 76 heavy (non-hydrogen) atoms. The summed E-state index contributed by atoms with van der Waals surface area (Å²) in [6, 6.07) is 56.1. The van der Waals surface area contributed by atoms with E-state index in [1.54, 1.807) is 0 Å². The highest BCUT2D eigenvalue weighted by molar-refractivity contribution is 7.95. The monoisotopic (exact) mass is 1070 g/mol. The summed E-state index contributed by atoms with van der Waals surface area (Å²) in [5.74, 6) is 7.01. The highest BCUT2D eigenvalue weighted by Crippen LogP contribution is 2.48. The number of ether oxygens (including phenoxy) is 8. The van der Waals surface area contributed by atoms with E-state index < -0.39 is 30.8 Å². The van der Waals surface area contributed by atoms with Crippen LogP contribution in [0.25, 0.3) is 44.5 Å². The Morgan fingerprint density at radius 3 is 0.592 bits per heavy atom. The third kappa shape index (κ3) is 7.45. The van der Waals surface area contributed by atoms with Crippen LogP contribution in [0, 0.1) is 0 Å². The summed E-state index contributed by atoms with van der Waals surface area (Å²) in [4.78, 5) is 0. The molecule has 0 unspecified atom stereocenters. The summed E-state index contributed by atoms with van der Waals surface area (Å²) < 4.78 is 53.5. The van der Waals surface area contributed by atoms with Gasteiger partial charge in [-0.2, -0.15) is 0 Å². The zero-order valence-electron chi connectivity index (χ0n) is 44.8. The van der Waals surface area contributed by atoms with Crippen molar-refractivity contribution in [1.29, 1.82) is 0 Å². The predicted octanol–water partition coefficient (Wildman–Crippen LogP) is 8.48. The molecule has 0 aromatic heterocycles. The fraction of sp³-hybridized carbons (Fsp3) is 0.250. The topological polar surface area (TPSA) is 73.8 Å². The first-order valence-corrected chi connectivity index (χ1v) is 37.3. The minimum absolute atomic E-state index is 0.535. The Kier molecular flexibility index (Phi) is 13.3. The molecule has 12 rings (SSSR count). The van der Waals surface area contributed by atoms with Gasteiger partial charge in [0.1, 0.15) is 76.8 Å². The molecule has 0 spiro atoms. The van der Waals surface area contributed by atoms with Gasteiger partial charge in [0, 0.05) is 0 Å². The van der Waals surface area contributed by atoms with Crippen molar-refractivity contribution in [3.8, 4) is 90.5 Å². The van der Waals surface area contributed by atoms with E-state index >= 15 is 0 Å². The molecule has 4 aliphatic heterocycles. The predicted molar refractivity (Wildman–Crippen MR) is 317 cm³/mol. The van der Waals surface area contributed by atoms with Gasteiger partial charge in [0.15, 0.2) is 0 Å². The standard InChI is InChI=1S/C64H64O8Si4/c1-9-65-41-17-25-49-50-26-18-42(66-10-2)34-58(50)73(57(49)33-41)75(61-37-45(69-13-5)21-29-53(61)54-30-22-46(70-14-6)38-62(54)75)76(63-39-47(71-15-7)23-31-55(63)56-32-24-48(72-16-8)40-64(56)76)74-59-35-43(67-11-3)19-27-51(59)52-28-20-44(68-12-4)36-60(52)74/h17-40H,9-16H2,1-8H3. The number of rotatable bonds is 19. The van der Waals surface area contributed by atoms with Crippen molar-refractivity contribution in [2.45, 2.75) is 55.4 Å². The molecule has 0 saturated carbocycles. The normalized spacial score (nSPS) is 14.6. The lowest BCUT2D eigenvalue weighted by Gasteiger charge is -2.52. The van der Waals surface area contributed by atoms with Gasteiger partial charge in [-0.25, -0.2) is 0 Å². The van der Waals surface area contributed by atoms with Crippen molar-refractivity contribution in [3.63, 3.8) is 0 Å². The summed E-state index contributed by atoms with van der Waals surface area (Å²) in [6.45, 7) is 21.0. The van der Waals surface area contributed by atoms with Gasteiger partial charge in [0.05, 0.1) is 52.9 Å². The number of hydrogen-bond acceptors (Lipinski definition) is 8. The fourth-order valence-corrected chi connectivity index (χ4v) is 72.4. The van der Waals surface area contributed by atoms with E-state index in [1.807, 2.05) is 0 Å². The summed E-state index contributed by atoms with van der Waals surface area (Å²) >= 11 is 0. The molecule has 0 fully saturated rings. The fourth-order valence-electron chi connectivity index (χ4n) is 13.3. The highest BCUT2D eigenvalue weighted by atomic mass is 29.8. The number of fused-ring (bicyclic) bond motifs is 12. The molecular formula is C64H64O8Si4. The number of benzene rings is 8. The van der Waals surface area contributed by atoms with E-state index in [1.165, 1.54) is 86.0 Å². The molecule has 2 radical (unpaired) electrons. The Morgan fingerprint density at radius 2 is 0.408 bits per heavy atom. The Hall–Kier alpha value is -6.97. The maximum atomic E-state index is 6.77. The molecular weight excluding hydrogens is 1010 g/mol. The minimum Gasteiger partial charge on any atom is -0.494 e. The molecule has 0 atom stereocenters. The highest BCUT2D eigenvalue weighted by Gasteiger charge is 2.75. The zero-order chi connectivity index (χ0) is 52.3. The Balaban J connectivity index is 1.40. The summed E-state index contributed by atoms with van der Waals surface area (Å²) in [5, 5.41) is 11.1. The molecule has 0 bridgehead atoms. The van der Waals surface area contributed by atoms with Gasteiger partial charge >= 0.3 is 0 Å². The molecule has 12 heteroatoms. The molecule has 8 aromatic rings. The largest absolute Gasteiger partial charge is 0.494 e. The molecule has 4 heterocycles. The van der Waals surface area contributed by atoms with Gasteiger partial charge in [-0.3, -0.25) is 0 Å². The Morgan fingerprint density at radius 1 is 0.237 bits per heavy atom. The van der Waals surface area contributed by atoms with Crippen LogP contribution in [0.5, 0.6) is 46.0 Å². The molecule has 4 aliphatic rings. The van der Waals surface area contributed by atoms with Crippen LogP contribution < -0.4 is 79.4 Å². The molecule has 0 aliphatic carbocycles. The van der Waals surface area contributed by atoms with Crippen LogP contribution in [0.3, 0.4) is 0 Å². The van der Waals surface area contributed by atoms with Gasteiger partial charge in [-0.15, -0.1) is 0 Å². The summed E-state index contributed by atoms with van der Waals surface area (Å²) in [7, 11) is -11.6. The van der Waals surface area contributed by atoms with E-state index in [4.69, 9.17) is 37.9 Å². The van der Waals surface area contributed by atoms with Crippen molar-refractivity contribution < 1.29 is 37.9 Å². The molecule has 8 nitrogen and oxygen atoms in total. The zero-order valence-corrected chi connectivity index (χ0v) is 48.8. The lowest BCUT2D eigenvalue weighted by atomic mass is 10.1. The maximum Gasteiger partial charge on any atom is 0.123 e. The Bertz CT molecular complexity index is 3100. The second kappa shape index (κ2) is 20.2. The average Bonchev–Trinajstić information content (AvgIpc) is 4.30. The molecule has 0 amide bonds. The van der Waals surface area contributed by atoms with Crippen molar-refractivity contribution in [2.24, 2.45) is 0 Å². The lowest BCUT2D eigenvalue weighted by molar-refractivity contribution is 0.340. The Labute approximate surface area is 452 Å². The van der Waals surface area contributed by atoms with Crippen LogP contribution in [0.1, 0.15) is 55.4 Å². The first-order valence-electron chi connectivity index (χ1n) is 27.3. The van der Waals surface area contributed by atoms with E-state index in [2.05, 4.69) is 201 Å². The third-order valence-corrected chi connectivity index (χ3v) is 58.0. The van der Waals surface area contributed by atoms with E-state index in [-0.39, 0.29) is 0 Å². The molecule has 0 saturated heterocycles. The van der Waals surface area contributed by atoms with Gasteiger partial charge in [-0.1, -0.05) is 48.5 Å². The van der Waals surface area contributed by atoms with Crippen LogP contribution in [0.15, 0.2) is 146 Å². The van der Waals surface area contributed by atoms with E-state index in [9.17, 15) is 0 Å². The number of hydrogen-bond donors (Lipinski definition) is 0. The van der Waals surface area contributed by atoms with Crippen molar-refractivity contribution >= 4 is 72.3 Å². The molecule has 8 aromatic carbocycles. The van der Waals surface area contributed by atoms with E-state index in [0.29, 0.717) is 52.9 Å². The van der Waals surface area contributed by atoms with Crippen molar-refractivity contribution in [1.82, 2.24) is 0 Å². The van der Waals surface area contributed by atoms with Gasteiger partial charge < -0.3 is 37.9 Å². The SMILES string of the molecule is CCOc1ccc2c(c1)[Si]([Si]1([Si]3([Si]4c5cc(OCC)ccc5-c5ccc(OCC)cc54)c4cc(OCC)ccc4-c4ccc(OCC)cc43)c3cc(OCC)ccc3-c3ccc(OCC)cc31)c1cc(OCC)ccc1-2. The minimum atomic E-state index is -3.72. The van der Waals surface area contributed by atoms with Crippen LogP contribution in [-0.2, 0) is 0 Å².